The van der Waals surface area contributed by atoms with Crippen LogP contribution in [0.4, 0.5) is 5.69 Å². The van der Waals surface area contributed by atoms with Crippen molar-refractivity contribution in [1.29, 1.82) is 0 Å². The lowest BCUT2D eigenvalue weighted by molar-refractivity contribution is 0.0907. The highest BCUT2D eigenvalue weighted by atomic mass is 16.3. The number of H-pyrrole nitrogens is 1. The molecular weight excluding hydrogens is 272 g/mol. The van der Waals surface area contributed by atoms with E-state index in [-0.39, 0.29) is 18.0 Å². The third-order valence-corrected chi connectivity index (χ3v) is 2.76. The fourth-order valence-electron chi connectivity index (χ4n) is 1.69. The van der Waals surface area contributed by atoms with Crippen LogP contribution in [-0.2, 0) is 0 Å². The maximum absolute atomic E-state index is 12.1. The van der Waals surface area contributed by atoms with Gasteiger partial charge in [-0.15, -0.1) is 0 Å². The topological polar surface area (TPSA) is 107 Å². The minimum absolute atomic E-state index is 0.00138. The third kappa shape index (κ3) is 3.67. The number of rotatable bonds is 5. The van der Waals surface area contributed by atoms with Crippen LogP contribution in [0.1, 0.15) is 27.9 Å². The first-order valence-corrected chi connectivity index (χ1v) is 6.43. The van der Waals surface area contributed by atoms with Gasteiger partial charge in [0, 0.05) is 11.7 Å². The molecule has 7 nitrogen and oxygen atoms in total. The lowest BCUT2D eigenvalue weighted by atomic mass is 10.2. The molecule has 2 aromatic rings. The van der Waals surface area contributed by atoms with Crippen LogP contribution in [0.15, 0.2) is 36.7 Å². The number of nitrogens with zero attached hydrogens (tertiary/aromatic N) is 1. The van der Waals surface area contributed by atoms with Crippen LogP contribution in [0.25, 0.3) is 0 Å². The van der Waals surface area contributed by atoms with E-state index in [9.17, 15) is 9.59 Å². The van der Waals surface area contributed by atoms with Crippen molar-refractivity contribution < 1.29 is 14.7 Å². The molecule has 0 bridgehead atoms. The zero-order valence-electron chi connectivity index (χ0n) is 11.5. The molecule has 0 aliphatic carbocycles. The van der Waals surface area contributed by atoms with Gasteiger partial charge < -0.3 is 20.7 Å². The lowest BCUT2D eigenvalue weighted by Gasteiger charge is -2.10. The van der Waals surface area contributed by atoms with E-state index in [1.165, 1.54) is 6.33 Å². The number of amides is 2. The van der Waals surface area contributed by atoms with Gasteiger partial charge in [0.15, 0.2) is 5.69 Å². The highest BCUT2D eigenvalue weighted by Gasteiger charge is 2.21. The molecule has 2 amide bonds. The zero-order valence-corrected chi connectivity index (χ0v) is 11.5. The Balaban J connectivity index is 2.12. The second kappa shape index (κ2) is 6.67. The van der Waals surface area contributed by atoms with Crippen molar-refractivity contribution in [2.45, 2.75) is 13.0 Å². The minimum atomic E-state index is -0.493. The van der Waals surface area contributed by atoms with Crippen LogP contribution in [0.5, 0.6) is 0 Å². The summed E-state index contributed by atoms with van der Waals surface area (Å²) in [6, 6.07) is 8.47. The summed E-state index contributed by atoms with van der Waals surface area (Å²) in [6.07, 6.45) is 1.28. The summed E-state index contributed by atoms with van der Waals surface area (Å²) in [6.45, 7) is 1.46. The molecule has 2 rings (SSSR count). The van der Waals surface area contributed by atoms with Crippen molar-refractivity contribution in [2.75, 3.05) is 11.9 Å². The molecule has 21 heavy (non-hydrogen) atoms. The molecular formula is C14H16N4O3. The first-order chi connectivity index (χ1) is 10.1. The van der Waals surface area contributed by atoms with Gasteiger partial charge in [-0.05, 0) is 19.1 Å². The molecule has 0 aliphatic rings. The molecule has 1 atom stereocenters. The number of nitrogens with one attached hydrogen (secondary N) is 3. The van der Waals surface area contributed by atoms with Crippen LogP contribution in [0.2, 0.25) is 0 Å². The number of aromatic nitrogens is 2. The number of benzene rings is 1. The van der Waals surface area contributed by atoms with Crippen LogP contribution in [-0.4, -0.2) is 39.5 Å². The van der Waals surface area contributed by atoms with Gasteiger partial charge in [-0.3, -0.25) is 9.59 Å². The van der Waals surface area contributed by atoms with Crippen LogP contribution in [0.3, 0.4) is 0 Å². The molecule has 0 spiro atoms. The Morgan fingerprint density at radius 3 is 2.67 bits per heavy atom. The average Bonchev–Trinajstić information content (AvgIpc) is 2.97. The SMILES string of the molecule is C[C@@H](CO)NC(=O)c1[nH]cnc1C(=O)Nc1ccccc1. The Morgan fingerprint density at radius 1 is 1.29 bits per heavy atom. The smallest absolute Gasteiger partial charge is 0.276 e. The molecule has 7 heteroatoms. The highest BCUT2D eigenvalue weighted by Crippen LogP contribution is 2.10. The fraction of sp³-hybridized carbons (Fsp3) is 0.214. The van der Waals surface area contributed by atoms with E-state index >= 15 is 0 Å². The Kier molecular flexibility index (Phi) is 4.68. The summed E-state index contributed by atoms with van der Waals surface area (Å²) in [4.78, 5) is 30.6. The monoisotopic (exact) mass is 288 g/mol. The van der Waals surface area contributed by atoms with E-state index in [2.05, 4.69) is 20.6 Å². The number of aromatic amines is 1. The molecule has 110 valence electrons. The van der Waals surface area contributed by atoms with Gasteiger partial charge in [0.05, 0.1) is 12.9 Å². The van der Waals surface area contributed by atoms with Gasteiger partial charge in [0.2, 0.25) is 0 Å². The number of aliphatic hydroxyl groups is 1. The normalized spacial score (nSPS) is 11.7. The van der Waals surface area contributed by atoms with E-state index in [1.54, 1.807) is 31.2 Å². The molecule has 0 saturated carbocycles. The van der Waals surface area contributed by atoms with Crippen molar-refractivity contribution in [3.8, 4) is 0 Å². The van der Waals surface area contributed by atoms with Crippen LogP contribution >= 0.6 is 0 Å². The van der Waals surface area contributed by atoms with E-state index in [0.29, 0.717) is 5.69 Å². The third-order valence-electron chi connectivity index (χ3n) is 2.76. The predicted molar refractivity (Wildman–Crippen MR) is 77.0 cm³/mol. The molecule has 0 saturated heterocycles. The molecule has 1 aromatic heterocycles. The number of carbonyl (C=O) groups excluding carboxylic acids is 2. The van der Waals surface area contributed by atoms with Crippen molar-refractivity contribution >= 4 is 17.5 Å². The molecule has 1 heterocycles. The van der Waals surface area contributed by atoms with E-state index in [1.807, 2.05) is 6.07 Å². The summed E-state index contributed by atoms with van der Waals surface area (Å²) in [7, 11) is 0. The predicted octanol–water partition coefficient (Wildman–Crippen LogP) is 0.773. The maximum Gasteiger partial charge on any atom is 0.276 e. The van der Waals surface area contributed by atoms with Crippen molar-refractivity contribution in [3.63, 3.8) is 0 Å². The zero-order chi connectivity index (χ0) is 15.2. The van der Waals surface area contributed by atoms with E-state index < -0.39 is 17.9 Å². The Labute approximate surface area is 121 Å². The first kappa shape index (κ1) is 14.7. The number of carbonyl (C=O) groups is 2. The quantitative estimate of drug-likeness (QED) is 0.652. The standard InChI is InChI=1S/C14H16N4O3/c1-9(7-19)17-13(20)11-12(16-8-15-11)14(21)18-10-5-3-2-4-6-10/h2-6,8-9,19H,7H2,1H3,(H,15,16)(H,17,20)(H,18,21)/t9-/m0/s1. The van der Waals surface area contributed by atoms with Gasteiger partial charge in [-0.2, -0.15) is 0 Å². The van der Waals surface area contributed by atoms with Gasteiger partial charge >= 0.3 is 0 Å². The van der Waals surface area contributed by atoms with Gasteiger partial charge in [-0.1, -0.05) is 18.2 Å². The van der Waals surface area contributed by atoms with Crippen LogP contribution < -0.4 is 10.6 Å². The summed E-state index contributed by atoms with van der Waals surface area (Å²) >= 11 is 0. The van der Waals surface area contributed by atoms with Gasteiger partial charge in [0.25, 0.3) is 11.8 Å². The van der Waals surface area contributed by atoms with Crippen LogP contribution in [0, 0.1) is 0 Å². The summed E-state index contributed by atoms with van der Waals surface area (Å²) < 4.78 is 0. The number of anilines is 1. The summed E-state index contributed by atoms with van der Waals surface area (Å²) in [5.41, 5.74) is 0.672. The second-order valence-electron chi connectivity index (χ2n) is 4.50. The molecule has 0 fully saturated rings. The van der Waals surface area contributed by atoms with E-state index in [4.69, 9.17) is 5.11 Å². The maximum atomic E-state index is 12.1. The Hall–Kier alpha value is -2.67. The highest BCUT2D eigenvalue weighted by molar-refractivity contribution is 6.10. The first-order valence-electron chi connectivity index (χ1n) is 6.43. The van der Waals surface area contributed by atoms with Crippen molar-refractivity contribution in [2.24, 2.45) is 0 Å². The number of imidazole rings is 1. The Bertz CT molecular complexity index is 624. The molecule has 0 radical (unpaired) electrons. The molecule has 4 N–H and O–H groups in total. The largest absolute Gasteiger partial charge is 0.394 e. The molecule has 0 aliphatic heterocycles. The van der Waals surface area contributed by atoms with Crippen molar-refractivity contribution in [3.05, 3.63) is 48.0 Å². The minimum Gasteiger partial charge on any atom is -0.394 e. The summed E-state index contributed by atoms with van der Waals surface area (Å²) in [5.74, 6) is -0.975. The number of hydrogen-bond acceptors (Lipinski definition) is 4. The lowest BCUT2D eigenvalue weighted by Crippen LogP contribution is -2.36. The number of aliphatic hydroxyl groups excluding tert-OH is 1. The molecule has 1 aromatic carbocycles. The number of hydrogen-bond donors (Lipinski definition) is 4. The average molecular weight is 288 g/mol. The summed E-state index contributed by atoms with van der Waals surface area (Å²) in [5, 5.41) is 14.1. The van der Waals surface area contributed by atoms with Gasteiger partial charge in [-0.25, -0.2) is 4.98 Å². The second-order valence-corrected chi connectivity index (χ2v) is 4.50. The van der Waals surface area contributed by atoms with E-state index in [0.717, 1.165) is 0 Å². The Morgan fingerprint density at radius 2 is 2.00 bits per heavy atom. The fourth-order valence-corrected chi connectivity index (χ4v) is 1.69. The number of para-hydroxylation sites is 1. The van der Waals surface area contributed by atoms with Gasteiger partial charge in [0.1, 0.15) is 5.69 Å². The molecule has 0 unspecified atom stereocenters. The van der Waals surface area contributed by atoms with Crippen molar-refractivity contribution in [1.82, 2.24) is 15.3 Å².